The van der Waals surface area contributed by atoms with Crippen molar-refractivity contribution >= 4 is 5.91 Å². The summed E-state index contributed by atoms with van der Waals surface area (Å²) in [5, 5.41) is 3.13. The minimum Gasteiger partial charge on any atom is -0.356 e. The first-order chi connectivity index (χ1) is 11.1. The number of carbonyl (C=O) groups excluding carboxylic acids is 1. The molecule has 0 rings (SSSR count). The second kappa shape index (κ2) is 16.3. The van der Waals surface area contributed by atoms with Gasteiger partial charge < -0.3 is 5.32 Å². The molecule has 0 aromatic carbocycles. The molecule has 0 aromatic rings. The van der Waals surface area contributed by atoms with E-state index in [0.717, 1.165) is 25.3 Å². The highest BCUT2D eigenvalue weighted by Crippen LogP contribution is 2.13. The van der Waals surface area contributed by atoms with Crippen LogP contribution in [0.3, 0.4) is 0 Å². The molecular formula is C21H43NO. The van der Waals surface area contributed by atoms with Crippen molar-refractivity contribution in [2.75, 3.05) is 6.54 Å². The predicted molar refractivity (Wildman–Crippen MR) is 103 cm³/mol. The zero-order valence-electron chi connectivity index (χ0n) is 16.5. The Morgan fingerprint density at radius 2 is 1.43 bits per heavy atom. The molecule has 1 unspecified atom stereocenters. The van der Waals surface area contributed by atoms with Crippen LogP contribution in [0.2, 0.25) is 0 Å². The molecule has 1 amide bonds. The number of amides is 1. The van der Waals surface area contributed by atoms with E-state index in [-0.39, 0.29) is 5.91 Å². The summed E-state index contributed by atoms with van der Waals surface area (Å²) in [4.78, 5) is 11.9. The molecule has 23 heavy (non-hydrogen) atoms. The fourth-order valence-corrected chi connectivity index (χ4v) is 3.01. The summed E-state index contributed by atoms with van der Waals surface area (Å²) in [6.07, 6.45) is 16.1. The van der Waals surface area contributed by atoms with Crippen LogP contribution in [0.5, 0.6) is 0 Å². The van der Waals surface area contributed by atoms with E-state index in [0.29, 0.717) is 5.92 Å². The zero-order valence-corrected chi connectivity index (χ0v) is 16.5. The maximum absolute atomic E-state index is 11.9. The molecule has 0 radical (unpaired) electrons. The molecule has 0 aromatic heterocycles. The lowest BCUT2D eigenvalue weighted by atomic mass is 9.99. The van der Waals surface area contributed by atoms with E-state index in [1.807, 2.05) is 0 Å². The quantitative estimate of drug-likeness (QED) is 0.323. The van der Waals surface area contributed by atoms with E-state index in [1.54, 1.807) is 0 Å². The van der Waals surface area contributed by atoms with Gasteiger partial charge in [0.1, 0.15) is 0 Å². The van der Waals surface area contributed by atoms with Crippen molar-refractivity contribution in [2.45, 2.75) is 111 Å². The molecule has 0 aliphatic heterocycles. The lowest BCUT2D eigenvalue weighted by Crippen LogP contribution is -2.28. The third kappa shape index (κ3) is 16.1. The van der Waals surface area contributed by atoms with Gasteiger partial charge in [0, 0.05) is 13.0 Å². The van der Waals surface area contributed by atoms with E-state index < -0.39 is 0 Å². The monoisotopic (exact) mass is 325 g/mol. The van der Waals surface area contributed by atoms with Gasteiger partial charge >= 0.3 is 0 Å². The van der Waals surface area contributed by atoms with E-state index in [1.165, 1.54) is 70.6 Å². The third-order valence-corrected chi connectivity index (χ3v) is 4.82. The average Bonchev–Trinajstić information content (AvgIpc) is 2.53. The SMILES string of the molecule is CCCCC(CC)CNC(=O)CCCCCCCCCC(C)C. The normalized spacial score (nSPS) is 12.6. The highest BCUT2D eigenvalue weighted by molar-refractivity contribution is 5.75. The van der Waals surface area contributed by atoms with Crippen LogP contribution in [0.15, 0.2) is 0 Å². The molecule has 0 fully saturated rings. The largest absolute Gasteiger partial charge is 0.356 e. The first kappa shape index (κ1) is 22.5. The minimum absolute atomic E-state index is 0.261. The van der Waals surface area contributed by atoms with Crippen LogP contribution in [0.1, 0.15) is 111 Å². The van der Waals surface area contributed by atoms with Crippen molar-refractivity contribution < 1.29 is 4.79 Å². The zero-order chi connectivity index (χ0) is 17.3. The molecule has 2 heteroatoms. The molecule has 0 aliphatic carbocycles. The van der Waals surface area contributed by atoms with Crippen LogP contribution in [-0.2, 0) is 4.79 Å². The van der Waals surface area contributed by atoms with Crippen molar-refractivity contribution in [1.29, 1.82) is 0 Å². The number of nitrogens with one attached hydrogen (secondary N) is 1. The summed E-state index contributed by atoms with van der Waals surface area (Å²) in [5.74, 6) is 1.78. The number of carbonyl (C=O) groups is 1. The van der Waals surface area contributed by atoms with Gasteiger partial charge in [0.25, 0.3) is 0 Å². The van der Waals surface area contributed by atoms with Gasteiger partial charge in [0.15, 0.2) is 0 Å². The number of rotatable bonds is 16. The lowest BCUT2D eigenvalue weighted by Gasteiger charge is -2.15. The fraction of sp³-hybridized carbons (Fsp3) is 0.952. The third-order valence-electron chi connectivity index (χ3n) is 4.82. The molecule has 1 N–H and O–H groups in total. The van der Waals surface area contributed by atoms with E-state index in [9.17, 15) is 4.79 Å². The predicted octanol–water partition coefficient (Wildman–Crippen LogP) is 6.49. The topological polar surface area (TPSA) is 29.1 Å². The van der Waals surface area contributed by atoms with Gasteiger partial charge in [-0.3, -0.25) is 4.79 Å². The van der Waals surface area contributed by atoms with Crippen molar-refractivity contribution in [3.05, 3.63) is 0 Å². The molecule has 1 atom stereocenters. The molecule has 0 heterocycles. The Kier molecular flexibility index (Phi) is 16.0. The molecule has 138 valence electrons. The van der Waals surface area contributed by atoms with Gasteiger partial charge in [-0.05, 0) is 24.7 Å². The van der Waals surface area contributed by atoms with E-state index in [4.69, 9.17) is 0 Å². The van der Waals surface area contributed by atoms with Gasteiger partial charge in [-0.15, -0.1) is 0 Å². The maximum atomic E-state index is 11.9. The minimum atomic E-state index is 0.261. The maximum Gasteiger partial charge on any atom is 0.220 e. The molecule has 0 spiro atoms. The number of hydrogen-bond acceptors (Lipinski definition) is 1. The first-order valence-electron chi connectivity index (χ1n) is 10.4. The first-order valence-corrected chi connectivity index (χ1v) is 10.4. The second-order valence-electron chi connectivity index (χ2n) is 7.63. The number of unbranched alkanes of at least 4 members (excludes halogenated alkanes) is 7. The molecule has 0 saturated carbocycles. The Labute approximate surface area is 146 Å². The lowest BCUT2D eigenvalue weighted by molar-refractivity contribution is -0.121. The highest BCUT2D eigenvalue weighted by Gasteiger charge is 2.08. The summed E-state index contributed by atoms with van der Waals surface area (Å²) >= 11 is 0. The van der Waals surface area contributed by atoms with Crippen LogP contribution in [0.4, 0.5) is 0 Å². The summed E-state index contributed by atoms with van der Waals surface area (Å²) < 4.78 is 0. The van der Waals surface area contributed by atoms with Crippen molar-refractivity contribution in [3.63, 3.8) is 0 Å². The van der Waals surface area contributed by atoms with Gasteiger partial charge in [0.05, 0.1) is 0 Å². The van der Waals surface area contributed by atoms with Crippen LogP contribution < -0.4 is 5.32 Å². The molecule has 2 nitrogen and oxygen atoms in total. The fourth-order valence-electron chi connectivity index (χ4n) is 3.01. The van der Waals surface area contributed by atoms with Crippen LogP contribution >= 0.6 is 0 Å². The molecular weight excluding hydrogens is 282 g/mol. The van der Waals surface area contributed by atoms with Crippen molar-refractivity contribution in [2.24, 2.45) is 11.8 Å². The van der Waals surface area contributed by atoms with Crippen molar-refractivity contribution in [1.82, 2.24) is 5.32 Å². The van der Waals surface area contributed by atoms with Crippen LogP contribution in [0.25, 0.3) is 0 Å². The highest BCUT2D eigenvalue weighted by atomic mass is 16.1. The smallest absolute Gasteiger partial charge is 0.220 e. The Balaban J connectivity index is 3.39. The number of hydrogen-bond donors (Lipinski definition) is 1. The summed E-state index contributed by atoms with van der Waals surface area (Å²) in [6, 6.07) is 0. The molecule has 0 saturated heterocycles. The Morgan fingerprint density at radius 3 is 2.00 bits per heavy atom. The van der Waals surface area contributed by atoms with Crippen molar-refractivity contribution in [3.8, 4) is 0 Å². The van der Waals surface area contributed by atoms with Gasteiger partial charge in [-0.25, -0.2) is 0 Å². The second-order valence-corrected chi connectivity index (χ2v) is 7.63. The van der Waals surface area contributed by atoms with Crippen LogP contribution in [0, 0.1) is 11.8 Å². The summed E-state index contributed by atoms with van der Waals surface area (Å²) in [5.41, 5.74) is 0. The van der Waals surface area contributed by atoms with E-state index >= 15 is 0 Å². The standard InChI is InChI=1S/C21H43NO/c1-5-7-16-20(6-2)18-22-21(23)17-14-12-10-8-9-11-13-15-19(3)4/h19-20H,5-18H2,1-4H3,(H,22,23). The van der Waals surface area contributed by atoms with Gasteiger partial charge in [0.2, 0.25) is 5.91 Å². The van der Waals surface area contributed by atoms with E-state index in [2.05, 4.69) is 33.0 Å². The molecule has 0 bridgehead atoms. The Hall–Kier alpha value is -0.530. The summed E-state index contributed by atoms with van der Waals surface area (Å²) in [6.45, 7) is 9.95. The van der Waals surface area contributed by atoms with Gasteiger partial charge in [-0.1, -0.05) is 91.9 Å². The van der Waals surface area contributed by atoms with Gasteiger partial charge in [-0.2, -0.15) is 0 Å². The Morgan fingerprint density at radius 1 is 0.826 bits per heavy atom. The Bertz CT molecular complexity index is 263. The summed E-state index contributed by atoms with van der Waals surface area (Å²) in [7, 11) is 0. The molecule has 0 aliphatic rings. The van der Waals surface area contributed by atoms with Crippen LogP contribution in [-0.4, -0.2) is 12.5 Å². The average molecular weight is 326 g/mol.